The van der Waals surface area contributed by atoms with Gasteiger partial charge in [0.05, 0.1) is 18.9 Å². The summed E-state index contributed by atoms with van der Waals surface area (Å²) in [4.78, 5) is 0. The highest BCUT2D eigenvalue weighted by Gasteiger charge is 2.13. The Bertz CT molecular complexity index is 425. The zero-order chi connectivity index (χ0) is 12.6. The Morgan fingerprint density at radius 2 is 1.94 bits per heavy atom. The van der Waals surface area contributed by atoms with Gasteiger partial charge in [0.25, 0.3) is 0 Å². The van der Waals surface area contributed by atoms with E-state index < -0.39 is 0 Å². The Kier molecular flexibility index (Phi) is 5.00. The van der Waals surface area contributed by atoms with E-state index in [0.717, 1.165) is 18.6 Å². The first-order valence-corrected chi connectivity index (χ1v) is 6.31. The van der Waals surface area contributed by atoms with Crippen LogP contribution in [0.2, 0.25) is 0 Å². The predicted molar refractivity (Wildman–Crippen MR) is 71.3 cm³/mol. The summed E-state index contributed by atoms with van der Waals surface area (Å²) >= 11 is 0. The van der Waals surface area contributed by atoms with Gasteiger partial charge >= 0.3 is 0 Å². The van der Waals surface area contributed by atoms with Crippen LogP contribution in [-0.4, -0.2) is 18.3 Å². The Labute approximate surface area is 107 Å². The summed E-state index contributed by atoms with van der Waals surface area (Å²) in [6, 6.07) is 14.4. The SMILES string of the molecule is OCCN[C@H](CCc1ccccc1)c1ccco1. The van der Waals surface area contributed by atoms with Crippen molar-refractivity contribution in [3.8, 4) is 0 Å². The monoisotopic (exact) mass is 245 g/mol. The van der Waals surface area contributed by atoms with E-state index in [1.807, 2.05) is 18.2 Å². The van der Waals surface area contributed by atoms with Crippen LogP contribution in [-0.2, 0) is 6.42 Å². The van der Waals surface area contributed by atoms with Crippen LogP contribution in [0, 0.1) is 0 Å². The number of benzene rings is 1. The second-order valence-corrected chi connectivity index (χ2v) is 4.27. The van der Waals surface area contributed by atoms with Gasteiger partial charge in [-0.3, -0.25) is 0 Å². The van der Waals surface area contributed by atoms with Crippen LogP contribution in [0.1, 0.15) is 23.8 Å². The molecule has 96 valence electrons. The Balaban J connectivity index is 1.93. The average molecular weight is 245 g/mol. The maximum Gasteiger partial charge on any atom is 0.120 e. The zero-order valence-corrected chi connectivity index (χ0v) is 10.4. The van der Waals surface area contributed by atoms with Crippen LogP contribution in [0.5, 0.6) is 0 Å². The maximum absolute atomic E-state index is 8.90. The number of rotatable bonds is 7. The van der Waals surface area contributed by atoms with Crippen molar-refractivity contribution in [3.63, 3.8) is 0 Å². The number of aliphatic hydroxyl groups excluding tert-OH is 1. The molecule has 0 amide bonds. The molecule has 1 atom stereocenters. The van der Waals surface area contributed by atoms with Gasteiger partial charge in [0.15, 0.2) is 0 Å². The lowest BCUT2D eigenvalue weighted by molar-refractivity contribution is 0.276. The molecule has 2 N–H and O–H groups in total. The molecule has 0 radical (unpaired) electrons. The number of aryl methyl sites for hydroxylation is 1. The molecule has 0 fully saturated rings. The van der Waals surface area contributed by atoms with Crippen molar-refractivity contribution >= 4 is 0 Å². The van der Waals surface area contributed by atoms with Gasteiger partial charge in [0.1, 0.15) is 5.76 Å². The molecule has 0 saturated carbocycles. The van der Waals surface area contributed by atoms with E-state index in [-0.39, 0.29) is 12.6 Å². The molecular weight excluding hydrogens is 226 g/mol. The van der Waals surface area contributed by atoms with E-state index in [4.69, 9.17) is 9.52 Å². The fourth-order valence-electron chi connectivity index (χ4n) is 2.03. The zero-order valence-electron chi connectivity index (χ0n) is 10.4. The Morgan fingerprint density at radius 3 is 2.61 bits per heavy atom. The van der Waals surface area contributed by atoms with Gasteiger partial charge in [-0.2, -0.15) is 0 Å². The molecular formula is C15H19NO2. The quantitative estimate of drug-likeness (QED) is 0.788. The fraction of sp³-hybridized carbons (Fsp3) is 0.333. The van der Waals surface area contributed by atoms with Gasteiger partial charge in [0, 0.05) is 6.54 Å². The minimum absolute atomic E-state index is 0.141. The molecule has 3 nitrogen and oxygen atoms in total. The lowest BCUT2D eigenvalue weighted by Crippen LogP contribution is -2.24. The third-order valence-corrected chi connectivity index (χ3v) is 2.95. The van der Waals surface area contributed by atoms with E-state index >= 15 is 0 Å². The van der Waals surface area contributed by atoms with Crippen LogP contribution in [0.3, 0.4) is 0 Å². The number of hydrogen-bond acceptors (Lipinski definition) is 3. The summed E-state index contributed by atoms with van der Waals surface area (Å²) in [6.07, 6.45) is 3.63. The fourth-order valence-corrected chi connectivity index (χ4v) is 2.03. The van der Waals surface area contributed by atoms with Crippen LogP contribution in [0.4, 0.5) is 0 Å². The minimum Gasteiger partial charge on any atom is -0.468 e. The number of nitrogens with one attached hydrogen (secondary N) is 1. The lowest BCUT2D eigenvalue weighted by Gasteiger charge is -2.15. The second kappa shape index (κ2) is 6.99. The smallest absolute Gasteiger partial charge is 0.120 e. The van der Waals surface area contributed by atoms with Crippen molar-refractivity contribution in [2.24, 2.45) is 0 Å². The summed E-state index contributed by atoms with van der Waals surface area (Å²) in [6.45, 7) is 0.725. The predicted octanol–water partition coefficient (Wildman–Crippen LogP) is 2.54. The van der Waals surface area contributed by atoms with E-state index in [9.17, 15) is 0 Å². The second-order valence-electron chi connectivity index (χ2n) is 4.27. The molecule has 3 heteroatoms. The first-order valence-electron chi connectivity index (χ1n) is 6.31. The molecule has 0 spiro atoms. The third-order valence-electron chi connectivity index (χ3n) is 2.95. The van der Waals surface area contributed by atoms with Crippen molar-refractivity contribution in [2.75, 3.05) is 13.2 Å². The van der Waals surface area contributed by atoms with Crippen molar-refractivity contribution in [1.82, 2.24) is 5.32 Å². The van der Waals surface area contributed by atoms with Crippen LogP contribution in [0.15, 0.2) is 53.1 Å². The number of furan rings is 1. The van der Waals surface area contributed by atoms with Crippen molar-refractivity contribution in [1.29, 1.82) is 0 Å². The maximum atomic E-state index is 8.90. The van der Waals surface area contributed by atoms with Gasteiger partial charge in [0.2, 0.25) is 0 Å². The van der Waals surface area contributed by atoms with E-state index in [0.29, 0.717) is 6.54 Å². The van der Waals surface area contributed by atoms with E-state index in [1.165, 1.54) is 5.56 Å². The van der Waals surface area contributed by atoms with Crippen molar-refractivity contribution in [3.05, 3.63) is 60.1 Å². The first-order chi connectivity index (χ1) is 8.90. The summed E-state index contributed by atoms with van der Waals surface area (Å²) in [5, 5.41) is 12.2. The molecule has 2 rings (SSSR count). The lowest BCUT2D eigenvalue weighted by atomic mass is 10.0. The Morgan fingerprint density at radius 1 is 1.11 bits per heavy atom. The summed E-state index contributed by atoms with van der Waals surface area (Å²) in [5.74, 6) is 0.930. The van der Waals surface area contributed by atoms with Crippen LogP contribution >= 0.6 is 0 Å². The molecule has 0 aliphatic rings. The highest BCUT2D eigenvalue weighted by atomic mass is 16.3. The molecule has 0 unspecified atom stereocenters. The topological polar surface area (TPSA) is 45.4 Å². The molecule has 18 heavy (non-hydrogen) atoms. The van der Waals surface area contributed by atoms with Gasteiger partial charge in [-0.05, 0) is 30.5 Å². The van der Waals surface area contributed by atoms with Gasteiger partial charge < -0.3 is 14.8 Å². The highest BCUT2D eigenvalue weighted by molar-refractivity contribution is 5.15. The largest absolute Gasteiger partial charge is 0.468 e. The molecule has 1 aromatic heterocycles. The van der Waals surface area contributed by atoms with Crippen molar-refractivity contribution < 1.29 is 9.52 Å². The van der Waals surface area contributed by atoms with Gasteiger partial charge in [-0.1, -0.05) is 30.3 Å². The summed E-state index contributed by atoms with van der Waals surface area (Å²) in [5.41, 5.74) is 1.32. The Hall–Kier alpha value is -1.58. The molecule has 0 saturated heterocycles. The third kappa shape index (κ3) is 3.72. The molecule has 2 aromatic rings. The highest BCUT2D eigenvalue weighted by Crippen LogP contribution is 2.19. The number of aliphatic hydroxyl groups is 1. The molecule has 1 aromatic carbocycles. The number of hydrogen-bond donors (Lipinski definition) is 2. The molecule has 0 aliphatic heterocycles. The van der Waals surface area contributed by atoms with E-state index in [2.05, 4.69) is 29.6 Å². The molecule has 1 heterocycles. The first kappa shape index (κ1) is 12.9. The van der Waals surface area contributed by atoms with Crippen LogP contribution in [0.25, 0.3) is 0 Å². The standard InChI is InChI=1S/C15H19NO2/c17-11-10-16-14(15-7-4-12-18-15)9-8-13-5-2-1-3-6-13/h1-7,12,14,16-17H,8-11H2/t14-/m1/s1. The van der Waals surface area contributed by atoms with Gasteiger partial charge in [-0.15, -0.1) is 0 Å². The van der Waals surface area contributed by atoms with Gasteiger partial charge in [-0.25, -0.2) is 0 Å². The summed E-state index contributed by atoms with van der Waals surface area (Å²) < 4.78 is 5.44. The molecule has 0 aliphatic carbocycles. The van der Waals surface area contributed by atoms with E-state index in [1.54, 1.807) is 6.26 Å². The average Bonchev–Trinajstić information content (AvgIpc) is 2.94. The molecule has 0 bridgehead atoms. The normalized spacial score (nSPS) is 12.5. The summed E-state index contributed by atoms with van der Waals surface area (Å²) in [7, 11) is 0. The minimum atomic E-state index is 0.141. The van der Waals surface area contributed by atoms with Crippen molar-refractivity contribution in [2.45, 2.75) is 18.9 Å². The van der Waals surface area contributed by atoms with Crippen LogP contribution < -0.4 is 5.32 Å².